The smallest absolute Gasteiger partial charge is 0.0406 e. The average molecular weight is 252 g/mol. The fourth-order valence-electron chi connectivity index (χ4n) is 2.96. The standard InChI is InChI=1S/C15H22ClN/c1-3-13-6-9-15(11(13)2)17-10-12-4-7-14(16)8-5-12/h4-5,7-8,11,13,15,17H,3,6,9-10H2,1-2H3. The van der Waals surface area contributed by atoms with Gasteiger partial charge >= 0.3 is 0 Å². The summed E-state index contributed by atoms with van der Waals surface area (Å²) in [5.74, 6) is 1.73. The highest BCUT2D eigenvalue weighted by molar-refractivity contribution is 6.30. The van der Waals surface area contributed by atoms with Gasteiger partial charge in [-0.2, -0.15) is 0 Å². The van der Waals surface area contributed by atoms with Crippen molar-refractivity contribution < 1.29 is 0 Å². The summed E-state index contributed by atoms with van der Waals surface area (Å²) in [5.41, 5.74) is 1.32. The first-order chi connectivity index (χ1) is 8.20. The molecule has 3 atom stereocenters. The van der Waals surface area contributed by atoms with Crippen LogP contribution < -0.4 is 5.32 Å². The molecule has 17 heavy (non-hydrogen) atoms. The molecule has 0 radical (unpaired) electrons. The van der Waals surface area contributed by atoms with Gasteiger partial charge in [-0.15, -0.1) is 0 Å². The summed E-state index contributed by atoms with van der Waals surface area (Å²) >= 11 is 5.88. The van der Waals surface area contributed by atoms with E-state index in [4.69, 9.17) is 11.6 Å². The van der Waals surface area contributed by atoms with Crippen molar-refractivity contribution in [2.45, 2.75) is 45.7 Å². The molecule has 1 aliphatic carbocycles. The Morgan fingerprint density at radius 3 is 2.53 bits per heavy atom. The van der Waals surface area contributed by atoms with Crippen molar-refractivity contribution >= 4 is 11.6 Å². The summed E-state index contributed by atoms with van der Waals surface area (Å²) in [4.78, 5) is 0. The van der Waals surface area contributed by atoms with Crippen LogP contribution in [0.2, 0.25) is 5.02 Å². The number of nitrogens with one attached hydrogen (secondary N) is 1. The topological polar surface area (TPSA) is 12.0 Å². The van der Waals surface area contributed by atoms with E-state index in [9.17, 15) is 0 Å². The highest BCUT2D eigenvalue weighted by atomic mass is 35.5. The van der Waals surface area contributed by atoms with Crippen LogP contribution >= 0.6 is 11.6 Å². The molecule has 94 valence electrons. The maximum atomic E-state index is 5.88. The SMILES string of the molecule is CCC1CCC(NCc2ccc(Cl)cc2)C1C. The zero-order valence-electron chi connectivity index (χ0n) is 10.7. The predicted molar refractivity (Wildman–Crippen MR) is 74.3 cm³/mol. The minimum absolute atomic E-state index is 0.690. The molecule has 0 amide bonds. The van der Waals surface area contributed by atoms with Crippen LogP contribution in [0, 0.1) is 11.8 Å². The quantitative estimate of drug-likeness (QED) is 0.844. The number of hydrogen-bond donors (Lipinski definition) is 1. The lowest BCUT2D eigenvalue weighted by molar-refractivity contribution is 0.344. The van der Waals surface area contributed by atoms with E-state index in [1.54, 1.807) is 0 Å². The summed E-state index contributed by atoms with van der Waals surface area (Å²) in [5, 5.41) is 4.50. The van der Waals surface area contributed by atoms with Crippen LogP contribution in [-0.2, 0) is 6.54 Å². The molecule has 0 heterocycles. The first kappa shape index (κ1) is 12.9. The minimum Gasteiger partial charge on any atom is -0.310 e. The molecule has 1 fully saturated rings. The Morgan fingerprint density at radius 1 is 1.24 bits per heavy atom. The van der Waals surface area contributed by atoms with Crippen molar-refractivity contribution in [3.05, 3.63) is 34.9 Å². The lowest BCUT2D eigenvalue weighted by Gasteiger charge is -2.21. The van der Waals surface area contributed by atoms with E-state index < -0.39 is 0 Å². The summed E-state index contributed by atoms with van der Waals surface area (Å²) in [7, 11) is 0. The predicted octanol–water partition coefficient (Wildman–Crippen LogP) is 4.25. The van der Waals surface area contributed by atoms with E-state index in [-0.39, 0.29) is 0 Å². The van der Waals surface area contributed by atoms with Crippen LogP contribution in [0.1, 0.15) is 38.7 Å². The Labute approximate surface area is 110 Å². The zero-order valence-corrected chi connectivity index (χ0v) is 11.5. The molecular formula is C15H22ClN. The molecule has 0 bridgehead atoms. The van der Waals surface area contributed by atoms with E-state index in [0.29, 0.717) is 6.04 Å². The van der Waals surface area contributed by atoms with Gasteiger partial charge in [0.25, 0.3) is 0 Å². The van der Waals surface area contributed by atoms with E-state index >= 15 is 0 Å². The molecule has 1 aliphatic rings. The molecule has 1 saturated carbocycles. The molecule has 0 aromatic heterocycles. The van der Waals surface area contributed by atoms with Crippen LogP contribution in [0.3, 0.4) is 0 Å². The highest BCUT2D eigenvalue weighted by Crippen LogP contribution is 2.33. The Bertz CT molecular complexity index is 346. The van der Waals surface area contributed by atoms with Crippen molar-refractivity contribution in [3.63, 3.8) is 0 Å². The summed E-state index contributed by atoms with van der Waals surface area (Å²) < 4.78 is 0. The molecule has 3 unspecified atom stereocenters. The van der Waals surface area contributed by atoms with Gasteiger partial charge in [0.05, 0.1) is 0 Å². The van der Waals surface area contributed by atoms with Crippen LogP contribution in [0.5, 0.6) is 0 Å². The molecule has 0 saturated heterocycles. The maximum absolute atomic E-state index is 5.88. The highest BCUT2D eigenvalue weighted by Gasteiger charge is 2.30. The largest absolute Gasteiger partial charge is 0.310 e. The van der Waals surface area contributed by atoms with Gasteiger partial charge < -0.3 is 5.32 Å². The third-order valence-electron chi connectivity index (χ3n) is 4.23. The Hall–Kier alpha value is -0.530. The normalized spacial score (nSPS) is 28.5. The minimum atomic E-state index is 0.690. The fraction of sp³-hybridized carbons (Fsp3) is 0.600. The number of hydrogen-bond acceptors (Lipinski definition) is 1. The van der Waals surface area contributed by atoms with Crippen molar-refractivity contribution in [1.29, 1.82) is 0 Å². The first-order valence-electron chi connectivity index (χ1n) is 6.68. The molecule has 2 heteroatoms. The van der Waals surface area contributed by atoms with Gasteiger partial charge in [0.2, 0.25) is 0 Å². The third-order valence-corrected chi connectivity index (χ3v) is 4.48. The van der Waals surface area contributed by atoms with Gasteiger partial charge in [-0.05, 0) is 42.4 Å². The number of benzene rings is 1. The second-order valence-electron chi connectivity index (χ2n) is 5.22. The second-order valence-corrected chi connectivity index (χ2v) is 5.66. The van der Waals surface area contributed by atoms with E-state index in [0.717, 1.165) is 23.4 Å². The molecule has 1 aromatic carbocycles. The van der Waals surface area contributed by atoms with Gasteiger partial charge in [0.15, 0.2) is 0 Å². The molecule has 1 aromatic rings. The molecule has 0 spiro atoms. The van der Waals surface area contributed by atoms with Gasteiger partial charge in [-0.1, -0.05) is 44.0 Å². The van der Waals surface area contributed by atoms with Crippen LogP contribution in [0.15, 0.2) is 24.3 Å². The Balaban J connectivity index is 1.84. The molecule has 1 N–H and O–H groups in total. The van der Waals surface area contributed by atoms with Crippen LogP contribution in [-0.4, -0.2) is 6.04 Å². The second kappa shape index (κ2) is 5.88. The number of halogens is 1. The number of rotatable bonds is 4. The van der Waals surface area contributed by atoms with Crippen LogP contribution in [0.25, 0.3) is 0 Å². The van der Waals surface area contributed by atoms with Crippen molar-refractivity contribution in [2.24, 2.45) is 11.8 Å². The maximum Gasteiger partial charge on any atom is 0.0406 e. The van der Waals surface area contributed by atoms with Gasteiger partial charge in [0.1, 0.15) is 0 Å². The van der Waals surface area contributed by atoms with Gasteiger partial charge in [-0.25, -0.2) is 0 Å². The van der Waals surface area contributed by atoms with Crippen molar-refractivity contribution in [3.8, 4) is 0 Å². The third kappa shape index (κ3) is 3.23. The zero-order chi connectivity index (χ0) is 12.3. The lowest BCUT2D eigenvalue weighted by atomic mass is 9.93. The van der Waals surface area contributed by atoms with Crippen molar-refractivity contribution in [1.82, 2.24) is 5.32 Å². The summed E-state index contributed by atoms with van der Waals surface area (Å²) in [6, 6.07) is 8.82. The van der Waals surface area contributed by atoms with Crippen LogP contribution in [0.4, 0.5) is 0 Å². The Morgan fingerprint density at radius 2 is 1.94 bits per heavy atom. The van der Waals surface area contributed by atoms with Crippen molar-refractivity contribution in [2.75, 3.05) is 0 Å². The average Bonchev–Trinajstić information content (AvgIpc) is 2.69. The molecular weight excluding hydrogens is 230 g/mol. The fourth-order valence-corrected chi connectivity index (χ4v) is 3.09. The van der Waals surface area contributed by atoms with E-state index in [2.05, 4.69) is 31.3 Å². The molecule has 0 aliphatic heterocycles. The summed E-state index contributed by atoms with van der Waals surface area (Å²) in [6.07, 6.45) is 4.03. The molecule has 1 nitrogen and oxygen atoms in total. The van der Waals surface area contributed by atoms with E-state index in [1.807, 2.05) is 12.1 Å². The monoisotopic (exact) mass is 251 g/mol. The molecule has 2 rings (SSSR count). The van der Waals surface area contributed by atoms with Gasteiger partial charge in [-0.3, -0.25) is 0 Å². The first-order valence-corrected chi connectivity index (χ1v) is 7.06. The van der Waals surface area contributed by atoms with E-state index in [1.165, 1.54) is 24.8 Å². The Kier molecular flexibility index (Phi) is 4.47. The van der Waals surface area contributed by atoms with Gasteiger partial charge in [0, 0.05) is 17.6 Å². The summed E-state index contributed by atoms with van der Waals surface area (Å²) in [6.45, 7) is 5.66. The lowest BCUT2D eigenvalue weighted by Crippen LogP contribution is -2.32.